The van der Waals surface area contributed by atoms with E-state index in [0.29, 0.717) is 0 Å². The summed E-state index contributed by atoms with van der Waals surface area (Å²) in [5, 5.41) is 2.67. The Hall–Kier alpha value is -1.14. The minimum Gasteiger partial charge on any atom is -0.349 e. The first-order valence-corrected chi connectivity index (χ1v) is 8.94. The highest BCUT2D eigenvalue weighted by Crippen LogP contribution is 2.23. The van der Waals surface area contributed by atoms with E-state index in [9.17, 15) is 17.6 Å². The van der Waals surface area contributed by atoms with Gasteiger partial charge in [0.1, 0.15) is 5.82 Å². The highest BCUT2D eigenvalue weighted by molar-refractivity contribution is 8.13. The van der Waals surface area contributed by atoms with Crippen molar-refractivity contribution in [2.75, 3.05) is 0 Å². The van der Waals surface area contributed by atoms with Crippen LogP contribution in [0.5, 0.6) is 0 Å². The van der Waals surface area contributed by atoms with Crippen LogP contribution in [0.25, 0.3) is 0 Å². The maximum atomic E-state index is 13.9. The van der Waals surface area contributed by atoms with E-state index in [-0.39, 0.29) is 28.0 Å². The molecule has 0 saturated heterocycles. The third-order valence-electron chi connectivity index (χ3n) is 3.63. The summed E-state index contributed by atoms with van der Waals surface area (Å²) in [4.78, 5) is 11.8. The summed E-state index contributed by atoms with van der Waals surface area (Å²) in [7, 11) is 1.26. The zero-order valence-electron chi connectivity index (χ0n) is 12.4. The Morgan fingerprint density at radius 2 is 1.95 bits per heavy atom. The average Bonchev–Trinajstić information content (AvgIpc) is 2.35. The van der Waals surface area contributed by atoms with Crippen LogP contribution in [0.15, 0.2) is 17.0 Å². The van der Waals surface area contributed by atoms with Crippen LogP contribution in [0.1, 0.15) is 43.1 Å². The van der Waals surface area contributed by atoms with Crippen molar-refractivity contribution in [3.8, 4) is 0 Å². The van der Waals surface area contributed by atoms with Crippen molar-refractivity contribution in [2.24, 2.45) is 5.92 Å². The van der Waals surface area contributed by atoms with E-state index in [0.717, 1.165) is 18.6 Å². The van der Waals surface area contributed by atoms with Gasteiger partial charge in [-0.1, -0.05) is 20.3 Å². The van der Waals surface area contributed by atoms with Crippen molar-refractivity contribution in [1.82, 2.24) is 5.32 Å². The molecule has 0 aliphatic rings. The van der Waals surface area contributed by atoms with Crippen molar-refractivity contribution >= 4 is 25.6 Å². The van der Waals surface area contributed by atoms with Gasteiger partial charge < -0.3 is 5.32 Å². The lowest BCUT2D eigenvalue weighted by molar-refractivity contribution is 0.0924. The zero-order valence-corrected chi connectivity index (χ0v) is 14.0. The zero-order chi connectivity index (χ0) is 16.4. The molecule has 118 valence electrons. The Morgan fingerprint density at radius 3 is 2.43 bits per heavy atom. The summed E-state index contributed by atoms with van der Waals surface area (Å²) in [5.74, 6) is -1.20. The number of carbonyl (C=O) groups is 1. The molecule has 1 N–H and O–H groups in total. The second-order valence-electron chi connectivity index (χ2n) is 5.18. The summed E-state index contributed by atoms with van der Waals surface area (Å²) < 4.78 is 36.8. The topological polar surface area (TPSA) is 63.2 Å². The minimum absolute atomic E-state index is 0.153. The Balaban J connectivity index is 3.16. The second kappa shape index (κ2) is 6.75. The van der Waals surface area contributed by atoms with Crippen LogP contribution in [0.4, 0.5) is 4.39 Å². The lowest BCUT2D eigenvalue weighted by Gasteiger charge is -2.20. The molecule has 4 nitrogen and oxygen atoms in total. The van der Waals surface area contributed by atoms with Crippen molar-refractivity contribution in [1.29, 1.82) is 0 Å². The summed E-state index contributed by atoms with van der Waals surface area (Å²) in [6.07, 6.45) is 0.860. The molecule has 1 aromatic carbocycles. The van der Waals surface area contributed by atoms with Crippen LogP contribution in [-0.2, 0) is 9.05 Å². The third-order valence-corrected chi connectivity index (χ3v) is 5.09. The Bertz CT molecular complexity index is 646. The summed E-state index contributed by atoms with van der Waals surface area (Å²) >= 11 is 0. The maximum Gasteiger partial charge on any atom is 0.261 e. The number of hydrogen-bond donors (Lipinski definition) is 1. The van der Waals surface area contributed by atoms with Crippen LogP contribution in [0.3, 0.4) is 0 Å². The summed E-state index contributed by atoms with van der Waals surface area (Å²) in [5.41, 5.74) is -0.163. The fraction of sp³-hybridized carbons (Fsp3) is 0.500. The van der Waals surface area contributed by atoms with Gasteiger partial charge in [-0.3, -0.25) is 4.79 Å². The van der Waals surface area contributed by atoms with Gasteiger partial charge in [0.05, 0.1) is 10.5 Å². The monoisotopic (exact) mass is 335 g/mol. The van der Waals surface area contributed by atoms with Crippen LogP contribution in [-0.4, -0.2) is 20.4 Å². The van der Waals surface area contributed by atoms with E-state index >= 15 is 0 Å². The highest BCUT2D eigenvalue weighted by Gasteiger charge is 2.22. The SMILES string of the molecule is CCC(C)C(C)NC(=O)c1cc(S(=O)(=O)Cl)c(C)cc1F. The molecule has 0 spiro atoms. The van der Waals surface area contributed by atoms with Crippen LogP contribution >= 0.6 is 10.7 Å². The first-order valence-electron chi connectivity index (χ1n) is 6.63. The van der Waals surface area contributed by atoms with Gasteiger partial charge >= 0.3 is 0 Å². The predicted octanol–water partition coefficient (Wildman–Crippen LogP) is 3.23. The number of carbonyl (C=O) groups excluding carboxylic acids is 1. The van der Waals surface area contributed by atoms with Crippen LogP contribution in [0, 0.1) is 18.7 Å². The van der Waals surface area contributed by atoms with Gasteiger partial charge in [0, 0.05) is 16.7 Å². The van der Waals surface area contributed by atoms with Crippen LogP contribution in [0.2, 0.25) is 0 Å². The first-order chi connectivity index (χ1) is 9.57. The largest absolute Gasteiger partial charge is 0.349 e. The fourth-order valence-electron chi connectivity index (χ4n) is 1.87. The molecule has 21 heavy (non-hydrogen) atoms. The Labute approximate surface area is 129 Å². The number of nitrogens with one attached hydrogen (secondary N) is 1. The lowest BCUT2D eigenvalue weighted by Crippen LogP contribution is -2.37. The number of rotatable bonds is 5. The Morgan fingerprint density at radius 1 is 1.38 bits per heavy atom. The van der Waals surface area contributed by atoms with E-state index in [1.807, 2.05) is 20.8 Å². The second-order valence-corrected chi connectivity index (χ2v) is 7.72. The van der Waals surface area contributed by atoms with Gasteiger partial charge in [-0.25, -0.2) is 12.8 Å². The molecular weight excluding hydrogens is 317 g/mol. The number of aryl methyl sites for hydroxylation is 1. The van der Waals surface area contributed by atoms with Gasteiger partial charge in [-0.2, -0.15) is 0 Å². The van der Waals surface area contributed by atoms with Crippen molar-refractivity contribution in [2.45, 2.75) is 45.1 Å². The number of amides is 1. The molecule has 2 unspecified atom stereocenters. The molecule has 2 atom stereocenters. The number of hydrogen-bond acceptors (Lipinski definition) is 3. The normalized spacial score (nSPS) is 14.6. The van der Waals surface area contributed by atoms with Crippen LogP contribution < -0.4 is 5.32 Å². The van der Waals surface area contributed by atoms with Gasteiger partial charge in [-0.15, -0.1) is 0 Å². The molecule has 0 saturated carbocycles. The van der Waals surface area contributed by atoms with E-state index in [1.54, 1.807) is 0 Å². The number of benzene rings is 1. The van der Waals surface area contributed by atoms with E-state index in [1.165, 1.54) is 6.92 Å². The number of halogens is 2. The molecule has 0 heterocycles. The third kappa shape index (κ3) is 4.41. The molecule has 1 amide bonds. The van der Waals surface area contributed by atoms with Gasteiger partial charge in [0.25, 0.3) is 15.0 Å². The van der Waals surface area contributed by atoms with Gasteiger partial charge in [-0.05, 0) is 37.5 Å². The van der Waals surface area contributed by atoms with Crippen molar-refractivity contribution < 1.29 is 17.6 Å². The Kier molecular flexibility index (Phi) is 5.75. The highest BCUT2D eigenvalue weighted by atomic mass is 35.7. The van der Waals surface area contributed by atoms with E-state index in [2.05, 4.69) is 5.32 Å². The molecule has 0 bridgehead atoms. The predicted molar refractivity (Wildman–Crippen MR) is 80.6 cm³/mol. The lowest BCUT2D eigenvalue weighted by atomic mass is 10.0. The molecule has 7 heteroatoms. The quantitative estimate of drug-likeness (QED) is 0.840. The first kappa shape index (κ1) is 17.9. The van der Waals surface area contributed by atoms with Gasteiger partial charge in [0.2, 0.25) is 0 Å². The molecule has 0 aliphatic carbocycles. The van der Waals surface area contributed by atoms with Crippen molar-refractivity contribution in [3.63, 3.8) is 0 Å². The molecule has 1 rings (SSSR count). The summed E-state index contributed by atoms with van der Waals surface area (Å²) in [6, 6.07) is 1.82. The molecule has 0 aromatic heterocycles. The maximum absolute atomic E-state index is 13.9. The molecular formula is C14H19ClFNO3S. The minimum atomic E-state index is -4.03. The van der Waals surface area contributed by atoms with E-state index < -0.39 is 20.8 Å². The molecule has 1 aromatic rings. The molecule has 0 aliphatic heterocycles. The molecule has 0 fully saturated rings. The standard InChI is InChI=1S/C14H19ClFNO3S/c1-5-8(2)10(4)17-14(18)11-7-13(21(15,19)20)9(3)6-12(11)16/h6-8,10H,5H2,1-4H3,(H,17,18). The smallest absolute Gasteiger partial charge is 0.261 e. The van der Waals surface area contributed by atoms with E-state index in [4.69, 9.17) is 10.7 Å². The van der Waals surface area contributed by atoms with Crippen molar-refractivity contribution in [3.05, 3.63) is 29.1 Å². The fourth-order valence-corrected chi connectivity index (χ4v) is 3.07. The summed E-state index contributed by atoms with van der Waals surface area (Å²) in [6.45, 7) is 7.18. The van der Waals surface area contributed by atoms with Gasteiger partial charge in [0.15, 0.2) is 0 Å². The molecule has 0 radical (unpaired) electrons. The average molecular weight is 336 g/mol.